The van der Waals surface area contributed by atoms with E-state index in [0.717, 1.165) is 35.9 Å². The third-order valence-corrected chi connectivity index (χ3v) is 5.94. The Morgan fingerprint density at radius 1 is 1.28 bits per heavy atom. The number of hydrogen-bond donors (Lipinski definition) is 2. The van der Waals surface area contributed by atoms with Crippen molar-refractivity contribution in [3.63, 3.8) is 0 Å². The zero-order chi connectivity index (χ0) is 17.8. The van der Waals surface area contributed by atoms with Crippen LogP contribution in [0.15, 0.2) is 4.79 Å². The number of aromatic amines is 1. The SMILES string of the molecule is CC(C)CCNC(=O)CCc1nc2sc3c(c2c(=O)[nH]1)CCCCC3. The van der Waals surface area contributed by atoms with Crippen LogP contribution < -0.4 is 10.9 Å². The van der Waals surface area contributed by atoms with Gasteiger partial charge in [0.1, 0.15) is 10.7 Å². The second-order valence-corrected chi connectivity index (χ2v) is 8.37. The Morgan fingerprint density at radius 3 is 2.88 bits per heavy atom. The largest absolute Gasteiger partial charge is 0.356 e. The zero-order valence-electron chi connectivity index (χ0n) is 15.1. The summed E-state index contributed by atoms with van der Waals surface area (Å²) in [5.74, 6) is 1.22. The first-order chi connectivity index (χ1) is 12.0. The minimum Gasteiger partial charge on any atom is -0.356 e. The number of amides is 1. The third kappa shape index (κ3) is 4.48. The average Bonchev–Trinajstić information content (AvgIpc) is 2.75. The Kier molecular flexibility index (Phi) is 5.89. The molecule has 0 saturated heterocycles. The first-order valence-corrected chi connectivity index (χ1v) is 10.2. The van der Waals surface area contributed by atoms with Crippen LogP contribution in [0.25, 0.3) is 10.2 Å². The molecule has 136 valence electrons. The van der Waals surface area contributed by atoms with Crippen molar-refractivity contribution in [1.29, 1.82) is 0 Å². The predicted octanol–water partition coefficient (Wildman–Crippen LogP) is 3.35. The van der Waals surface area contributed by atoms with Crippen LogP contribution in [-0.4, -0.2) is 22.4 Å². The molecule has 5 nitrogen and oxygen atoms in total. The first kappa shape index (κ1) is 18.1. The number of nitrogens with one attached hydrogen (secondary N) is 2. The number of carbonyl (C=O) groups is 1. The highest BCUT2D eigenvalue weighted by Crippen LogP contribution is 2.32. The highest BCUT2D eigenvalue weighted by molar-refractivity contribution is 7.18. The molecule has 0 aromatic carbocycles. The van der Waals surface area contributed by atoms with Crippen molar-refractivity contribution in [3.8, 4) is 0 Å². The lowest BCUT2D eigenvalue weighted by molar-refractivity contribution is -0.121. The maximum Gasteiger partial charge on any atom is 0.259 e. The molecule has 0 atom stereocenters. The molecule has 2 N–H and O–H groups in total. The Hall–Kier alpha value is -1.69. The molecule has 1 aliphatic carbocycles. The smallest absolute Gasteiger partial charge is 0.259 e. The van der Waals surface area contributed by atoms with Gasteiger partial charge in [-0.2, -0.15) is 0 Å². The third-order valence-electron chi connectivity index (χ3n) is 4.76. The molecule has 2 aromatic heterocycles. The maximum atomic E-state index is 12.5. The van der Waals surface area contributed by atoms with Crippen molar-refractivity contribution in [2.24, 2.45) is 5.92 Å². The molecule has 6 heteroatoms. The van der Waals surface area contributed by atoms with E-state index >= 15 is 0 Å². The molecule has 0 bridgehead atoms. The van der Waals surface area contributed by atoms with E-state index in [1.54, 1.807) is 11.3 Å². The molecule has 0 unspecified atom stereocenters. The fourth-order valence-corrected chi connectivity index (χ4v) is 4.61. The van der Waals surface area contributed by atoms with Crippen LogP contribution in [-0.2, 0) is 24.1 Å². The topological polar surface area (TPSA) is 74.8 Å². The van der Waals surface area contributed by atoms with E-state index in [-0.39, 0.29) is 11.5 Å². The van der Waals surface area contributed by atoms with Gasteiger partial charge in [0, 0.05) is 24.3 Å². The van der Waals surface area contributed by atoms with E-state index < -0.39 is 0 Å². The molecule has 0 fully saturated rings. The van der Waals surface area contributed by atoms with Crippen molar-refractivity contribution in [2.45, 2.75) is 65.2 Å². The fraction of sp³-hybridized carbons (Fsp3) is 0.632. The quantitative estimate of drug-likeness (QED) is 0.775. The standard InChI is InChI=1S/C19H27N3O2S/c1-12(2)10-11-20-16(23)9-8-15-21-18(24)17-13-6-4-3-5-7-14(13)25-19(17)22-15/h12H,3-11H2,1-2H3,(H,20,23)(H,21,22,24). The van der Waals surface area contributed by atoms with Crippen LogP contribution in [0, 0.1) is 5.92 Å². The van der Waals surface area contributed by atoms with Gasteiger partial charge in [-0.1, -0.05) is 20.3 Å². The summed E-state index contributed by atoms with van der Waals surface area (Å²) in [6, 6.07) is 0. The summed E-state index contributed by atoms with van der Waals surface area (Å²) in [6.45, 7) is 4.98. The molecule has 1 aliphatic rings. The van der Waals surface area contributed by atoms with E-state index in [9.17, 15) is 9.59 Å². The van der Waals surface area contributed by atoms with Crippen molar-refractivity contribution in [2.75, 3.05) is 6.54 Å². The molecule has 2 aromatic rings. The number of H-pyrrole nitrogens is 1. The lowest BCUT2D eigenvalue weighted by atomic mass is 10.1. The summed E-state index contributed by atoms with van der Waals surface area (Å²) < 4.78 is 0. The molecular weight excluding hydrogens is 334 g/mol. The van der Waals surface area contributed by atoms with Crippen LogP contribution in [0.1, 0.15) is 62.2 Å². The van der Waals surface area contributed by atoms with E-state index in [2.05, 4.69) is 29.1 Å². The number of fused-ring (bicyclic) bond motifs is 3. The van der Waals surface area contributed by atoms with Crippen LogP contribution in [0.4, 0.5) is 0 Å². The summed E-state index contributed by atoms with van der Waals surface area (Å²) in [7, 11) is 0. The normalized spacial score (nSPS) is 14.5. The van der Waals surface area contributed by atoms with Crippen LogP contribution in [0.3, 0.4) is 0 Å². The van der Waals surface area contributed by atoms with Gasteiger partial charge >= 0.3 is 0 Å². The number of hydrogen-bond acceptors (Lipinski definition) is 4. The average molecular weight is 362 g/mol. The minimum atomic E-state index is -0.0420. The second-order valence-electron chi connectivity index (χ2n) is 7.29. The van der Waals surface area contributed by atoms with Crippen LogP contribution in [0.2, 0.25) is 0 Å². The van der Waals surface area contributed by atoms with Gasteiger partial charge in [-0.3, -0.25) is 9.59 Å². The number of carbonyl (C=O) groups excluding carboxylic acids is 1. The van der Waals surface area contributed by atoms with Crippen molar-refractivity contribution in [3.05, 3.63) is 26.6 Å². The molecule has 25 heavy (non-hydrogen) atoms. The lowest BCUT2D eigenvalue weighted by Crippen LogP contribution is -2.26. The summed E-state index contributed by atoms with van der Waals surface area (Å²) in [5.41, 5.74) is 1.17. The van der Waals surface area contributed by atoms with Gasteiger partial charge in [0.15, 0.2) is 0 Å². The van der Waals surface area contributed by atoms with Gasteiger partial charge in [0.05, 0.1) is 5.39 Å². The van der Waals surface area contributed by atoms with Gasteiger partial charge in [0.25, 0.3) is 5.56 Å². The van der Waals surface area contributed by atoms with E-state index in [1.165, 1.54) is 23.3 Å². The molecule has 3 rings (SSSR count). The Balaban J connectivity index is 1.69. The van der Waals surface area contributed by atoms with Crippen molar-refractivity contribution < 1.29 is 4.79 Å². The molecule has 0 aliphatic heterocycles. The predicted molar refractivity (Wildman–Crippen MR) is 102 cm³/mol. The second kappa shape index (κ2) is 8.13. The lowest BCUT2D eigenvalue weighted by Gasteiger charge is -2.07. The number of aryl methyl sites for hydroxylation is 3. The summed E-state index contributed by atoms with van der Waals surface area (Å²) in [5, 5.41) is 3.71. The molecule has 0 radical (unpaired) electrons. The van der Waals surface area contributed by atoms with E-state index in [4.69, 9.17) is 0 Å². The minimum absolute atomic E-state index is 0.0188. The number of aromatic nitrogens is 2. The number of rotatable bonds is 6. The van der Waals surface area contributed by atoms with E-state index in [0.29, 0.717) is 31.1 Å². The molecule has 1 amide bonds. The molecule has 0 saturated carbocycles. The van der Waals surface area contributed by atoms with Crippen molar-refractivity contribution >= 4 is 27.5 Å². The number of thiophene rings is 1. The highest BCUT2D eigenvalue weighted by atomic mass is 32.1. The summed E-state index contributed by atoms with van der Waals surface area (Å²) in [4.78, 5) is 34.2. The van der Waals surface area contributed by atoms with E-state index in [1.807, 2.05) is 0 Å². The van der Waals surface area contributed by atoms with Gasteiger partial charge < -0.3 is 10.3 Å². The van der Waals surface area contributed by atoms with Gasteiger partial charge in [-0.05, 0) is 43.6 Å². The zero-order valence-corrected chi connectivity index (χ0v) is 15.9. The van der Waals surface area contributed by atoms with Crippen LogP contribution in [0.5, 0.6) is 0 Å². The summed E-state index contributed by atoms with van der Waals surface area (Å²) in [6.07, 6.45) is 7.43. The number of nitrogens with zero attached hydrogens (tertiary/aromatic N) is 1. The Bertz CT molecular complexity index is 807. The molecule has 0 spiro atoms. The fourth-order valence-electron chi connectivity index (χ4n) is 3.32. The summed E-state index contributed by atoms with van der Waals surface area (Å²) >= 11 is 1.66. The Labute approximate surface area is 152 Å². The monoisotopic (exact) mass is 361 g/mol. The highest BCUT2D eigenvalue weighted by Gasteiger charge is 2.19. The van der Waals surface area contributed by atoms with Gasteiger partial charge in [-0.15, -0.1) is 11.3 Å². The molecule has 2 heterocycles. The van der Waals surface area contributed by atoms with Gasteiger partial charge in [0.2, 0.25) is 5.91 Å². The van der Waals surface area contributed by atoms with Gasteiger partial charge in [-0.25, -0.2) is 4.98 Å². The molecular formula is C19H27N3O2S. The maximum absolute atomic E-state index is 12.5. The Morgan fingerprint density at radius 2 is 2.08 bits per heavy atom. The first-order valence-electron chi connectivity index (χ1n) is 9.34. The van der Waals surface area contributed by atoms with Crippen LogP contribution >= 0.6 is 11.3 Å². The van der Waals surface area contributed by atoms with Crippen molar-refractivity contribution in [1.82, 2.24) is 15.3 Å².